The van der Waals surface area contributed by atoms with Crippen molar-refractivity contribution in [3.8, 4) is 5.75 Å². The van der Waals surface area contributed by atoms with Gasteiger partial charge in [0, 0.05) is 13.2 Å². The first-order valence-corrected chi connectivity index (χ1v) is 5.37. The van der Waals surface area contributed by atoms with Gasteiger partial charge in [0.25, 0.3) is 0 Å². The minimum atomic E-state index is -1.16. The zero-order valence-electron chi connectivity index (χ0n) is 10.0. The zero-order chi connectivity index (χ0) is 13.4. The molecular weight excluding hydrogens is 243 g/mol. The Morgan fingerprint density at radius 3 is 2.67 bits per heavy atom. The third kappa shape index (κ3) is 4.68. The van der Waals surface area contributed by atoms with Gasteiger partial charge in [0.05, 0.1) is 19.8 Å². The number of benzene rings is 1. The third-order valence-corrected chi connectivity index (χ3v) is 2.09. The molecular formula is C12H15FO5. The Kier molecular flexibility index (Phi) is 6.10. The van der Waals surface area contributed by atoms with Crippen molar-refractivity contribution in [2.75, 3.05) is 33.5 Å². The predicted molar refractivity (Wildman–Crippen MR) is 61.5 cm³/mol. The van der Waals surface area contributed by atoms with Gasteiger partial charge >= 0.3 is 5.97 Å². The average molecular weight is 258 g/mol. The molecule has 5 nitrogen and oxygen atoms in total. The van der Waals surface area contributed by atoms with Gasteiger partial charge in [0.2, 0.25) is 0 Å². The molecule has 0 aliphatic rings. The van der Waals surface area contributed by atoms with Crippen molar-refractivity contribution < 1.29 is 28.5 Å². The maximum Gasteiger partial charge on any atom is 0.339 e. The van der Waals surface area contributed by atoms with Gasteiger partial charge in [0.1, 0.15) is 23.7 Å². The van der Waals surface area contributed by atoms with Gasteiger partial charge in [0.15, 0.2) is 0 Å². The van der Waals surface area contributed by atoms with Crippen molar-refractivity contribution in [3.63, 3.8) is 0 Å². The summed E-state index contributed by atoms with van der Waals surface area (Å²) < 4.78 is 28.1. The fraction of sp³-hybridized carbons (Fsp3) is 0.417. The Labute approximate surface area is 104 Å². The predicted octanol–water partition coefficient (Wildman–Crippen LogP) is 1.57. The van der Waals surface area contributed by atoms with Crippen LogP contribution < -0.4 is 4.74 Å². The van der Waals surface area contributed by atoms with Crippen LogP contribution in [0.25, 0.3) is 0 Å². The molecule has 1 aromatic carbocycles. The summed E-state index contributed by atoms with van der Waals surface area (Å²) in [7, 11) is 1.56. The van der Waals surface area contributed by atoms with E-state index in [1.165, 1.54) is 6.07 Å². The summed E-state index contributed by atoms with van der Waals surface area (Å²) in [5, 5.41) is 8.88. The first-order valence-electron chi connectivity index (χ1n) is 5.37. The summed E-state index contributed by atoms with van der Waals surface area (Å²) >= 11 is 0. The lowest BCUT2D eigenvalue weighted by Gasteiger charge is -2.09. The number of ether oxygens (including phenoxy) is 3. The lowest BCUT2D eigenvalue weighted by molar-refractivity contribution is 0.0534. The maximum atomic E-state index is 13.0. The molecule has 0 spiro atoms. The molecule has 100 valence electrons. The highest BCUT2D eigenvalue weighted by molar-refractivity contribution is 5.90. The standard InChI is InChI=1S/C12H15FO5/c1-16-4-5-17-6-7-18-11-8-9(13)2-3-10(11)12(14)15/h2-3,8H,4-7H2,1H3,(H,14,15). The minimum Gasteiger partial charge on any atom is -0.490 e. The van der Waals surface area contributed by atoms with Gasteiger partial charge in [-0.25, -0.2) is 9.18 Å². The van der Waals surface area contributed by atoms with Crippen molar-refractivity contribution in [2.24, 2.45) is 0 Å². The number of hydrogen-bond donors (Lipinski definition) is 1. The maximum absolute atomic E-state index is 13.0. The van der Waals surface area contributed by atoms with Crippen LogP contribution in [0, 0.1) is 5.82 Å². The summed E-state index contributed by atoms with van der Waals surface area (Å²) in [5.74, 6) is -1.71. The summed E-state index contributed by atoms with van der Waals surface area (Å²) in [5.41, 5.74) is -0.0757. The lowest BCUT2D eigenvalue weighted by atomic mass is 10.2. The number of carboxylic acid groups (broad SMARTS) is 1. The normalized spacial score (nSPS) is 10.3. The van der Waals surface area contributed by atoms with Gasteiger partial charge in [-0.05, 0) is 12.1 Å². The van der Waals surface area contributed by atoms with Gasteiger partial charge in [-0.3, -0.25) is 0 Å². The summed E-state index contributed by atoms with van der Waals surface area (Å²) in [6.45, 7) is 1.32. The first-order chi connectivity index (χ1) is 8.65. The fourth-order valence-electron chi connectivity index (χ4n) is 1.25. The first kappa shape index (κ1) is 14.4. The van der Waals surface area contributed by atoms with E-state index in [2.05, 4.69) is 0 Å². The number of hydrogen-bond acceptors (Lipinski definition) is 4. The molecule has 0 aliphatic heterocycles. The highest BCUT2D eigenvalue weighted by Gasteiger charge is 2.11. The van der Waals surface area contributed by atoms with Crippen molar-refractivity contribution in [2.45, 2.75) is 0 Å². The number of methoxy groups -OCH3 is 1. The highest BCUT2D eigenvalue weighted by atomic mass is 19.1. The molecule has 6 heteroatoms. The highest BCUT2D eigenvalue weighted by Crippen LogP contribution is 2.19. The van der Waals surface area contributed by atoms with E-state index in [0.717, 1.165) is 12.1 Å². The SMILES string of the molecule is COCCOCCOc1cc(F)ccc1C(=O)O. The van der Waals surface area contributed by atoms with E-state index in [4.69, 9.17) is 19.3 Å². The lowest BCUT2D eigenvalue weighted by Crippen LogP contribution is -2.11. The van der Waals surface area contributed by atoms with Crippen LogP contribution in [0.4, 0.5) is 4.39 Å². The number of halogens is 1. The Morgan fingerprint density at radius 2 is 2.00 bits per heavy atom. The molecule has 0 atom stereocenters. The topological polar surface area (TPSA) is 65.0 Å². The third-order valence-electron chi connectivity index (χ3n) is 2.09. The Bertz CT molecular complexity index is 394. The fourth-order valence-corrected chi connectivity index (χ4v) is 1.25. The second-order valence-electron chi connectivity index (χ2n) is 3.40. The number of carboxylic acids is 1. The van der Waals surface area contributed by atoms with Crippen molar-refractivity contribution >= 4 is 5.97 Å². The quantitative estimate of drug-likeness (QED) is 0.717. The van der Waals surface area contributed by atoms with Gasteiger partial charge in [-0.15, -0.1) is 0 Å². The van der Waals surface area contributed by atoms with Crippen LogP contribution in [0.2, 0.25) is 0 Å². The van der Waals surface area contributed by atoms with E-state index in [-0.39, 0.29) is 24.5 Å². The molecule has 0 unspecified atom stereocenters. The van der Waals surface area contributed by atoms with E-state index in [9.17, 15) is 9.18 Å². The number of rotatable bonds is 8. The molecule has 0 saturated heterocycles. The Balaban J connectivity index is 2.45. The second kappa shape index (κ2) is 7.62. The zero-order valence-corrected chi connectivity index (χ0v) is 10.0. The smallest absolute Gasteiger partial charge is 0.339 e. The van der Waals surface area contributed by atoms with Gasteiger partial charge < -0.3 is 19.3 Å². The van der Waals surface area contributed by atoms with E-state index in [1.807, 2.05) is 0 Å². The average Bonchev–Trinajstić information content (AvgIpc) is 2.33. The Hall–Kier alpha value is -1.66. The van der Waals surface area contributed by atoms with Crippen LogP contribution in [0.5, 0.6) is 5.75 Å². The molecule has 0 aliphatic carbocycles. The molecule has 0 saturated carbocycles. The minimum absolute atomic E-state index is 0.00200. The van der Waals surface area contributed by atoms with Crippen LogP contribution in [0.3, 0.4) is 0 Å². The van der Waals surface area contributed by atoms with Crippen molar-refractivity contribution in [1.82, 2.24) is 0 Å². The molecule has 1 N–H and O–H groups in total. The molecule has 0 amide bonds. The van der Waals surface area contributed by atoms with Gasteiger partial charge in [-0.1, -0.05) is 0 Å². The summed E-state index contributed by atoms with van der Waals surface area (Å²) in [6, 6.07) is 3.28. The van der Waals surface area contributed by atoms with Crippen LogP contribution in [0.15, 0.2) is 18.2 Å². The molecule has 1 rings (SSSR count). The summed E-state index contributed by atoms with van der Waals surface area (Å²) in [6.07, 6.45) is 0. The van der Waals surface area contributed by atoms with Crippen LogP contribution >= 0.6 is 0 Å². The largest absolute Gasteiger partial charge is 0.490 e. The molecule has 0 aromatic heterocycles. The molecule has 18 heavy (non-hydrogen) atoms. The monoisotopic (exact) mass is 258 g/mol. The molecule has 0 fully saturated rings. The van der Waals surface area contributed by atoms with E-state index in [0.29, 0.717) is 13.2 Å². The van der Waals surface area contributed by atoms with Crippen LogP contribution in [0.1, 0.15) is 10.4 Å². The molecule has 0 bridgehead atoms. The number of aromatic carboxylic acids is 1. The van der Waals surface area contributed by atoms with E-state index < -0.39 is 11.8 Å². The molecule has 1 aromatic rings. The van der Waals surface area contributed by atoms with Crippen LogP contribution in [-0.4, -0.2) is 44.6 Å². The van der Waals surface area contributed by atoms with Crippen LogP contribution in [-0.2, 0) is 9.47 Å². The molecule has 0 heterocycles. The summed E-state index contributed by atoms with van der Waals surface area (Å²) in [4.78, 5) is 10.9. The van der Waals surface area contributed by atoms with Crippen molar-refractivity contribution in [1.29, 1.82) is 0 Å². The van der Waals surface area contributed by atoms with Gasteiger partial charge in [-0.2, -0.15) is 0 Å². The Morgan fingerprint density at radius 1 is 1.28 bits per heavy atom. The number of carbonyl (C=O) groups is 1. The van der Waals surface area contributed by atoms with E-state index >= 15 is 0 Å². The van der Waals surface area contributed by atoms with Crippen molar-refractivity contribution in [3.05, 3.63) is 29.6 Å². The second-order valence-corrected chi connectivity index (χ2v) is 3.40. The molecule has 0 radical (unpaired) electrons. The van der Waals surface area contributed by atoms with E-state index in [1.54, 1.807) is 7.11 Å².